The highest BCUT2D eigenvalue weighted by atomic mass is 16.5. The van der Waals surface area contributed by atoms with Crippen LogP contribution in [-0.2, 0) is 22.4 Å². The van der Waals surface area contributed by atoms with Gasteiger partial charge in [-0.05, 0) is 17.0 Å². The number of hydrogen-bond acceptors (Lipinski definition) is 2. The fraction of sp³-hybridized carbons (Fsp3) is 0.562. The van der Waals surface area contributed by atoms with Crippen molar-refractivity contribution in [2.24, 2.45) is 5.92 Å². The minimum Gasteiger partial charge on any atom is -0.376 e. The van der Waals surface area contributed by atoms with Gasteiger partial charge in [0.2, 0.25) is 5.91 Å². The predicted octanol–water partition coefficient (Wildman–Crippen LogP) is 2.33. The van der Waals surface area contributed by atoms with Crippen molar-refractivity contribution in [2.75, 3.05) is 13.7 Å². The summed E-state index contributed by atoms with van der Waals surface area (Å²) in [5.74, 6) is 0.502. The van der Waals surface area contributed by atoms with Gasteiger partial charge < -0.3 is 10.1 Å². The zero-order chi connectivity index (χ0) is 13.9. The highest BCUT2D eigenvalue weighted by Gasteiger charge is 2.37. The molecule has 0 spiro atoms. The molecule has 1 aliphatic rings. The van der Waals surface area contributed by atoms with Gasteiger partial charge in [-0.1, -0.05) is 38.1 Å². The van der Waals surface area contributed by atoms with E-state index in [2.05, 4.69) is 43.4 Å². The largest absolute Gasteiger partial charge is 0.376 e. The van der Waals surface area contributed by atoms with E-state index in [-0.39, 0.29) is 11.5 Å². The fourth-order valence-corrected chi connectivity index (χ4v) is 2.70. The molecule has 0 saturated heterocycles. The molecule has 3 nitrogen and oxygen atoms in total. The number of amides is 1. The van der Waals surface area contributed by atoms with Gasteiger partial charge in [0.1, 0.15) is 0 Å². The number of carbonyl (C=O) groups excluding carboxylic acids is 1. The Labute approximate surface area is 115 Å². The Morgan fingerprint density at radius 2 is 1.89 bits per heavy atom. The van der Waals surface area contributed by atoms with E-state index in [1.54, 1.807) is 7.11 Å². The summed E-state index contributed by atoms with van der Waals surface area (Å²) in [5.41, 5.74) is 2.40. The van der Waals surface area contributed by atoms with Gasteiger partial charge in [-0.3, -0.25) is 4.79 Å². The number of hydrogen-bond donors (Lipinski definition) is 1. The van der Waals surface area contributed by atoms with Crippen LogP contribution in [0.2, 0.25) is 0 Å². The second-order valence-electron chi connectivity index (χ2n) is 5.88. The molecule has 0 radical (unpaired) electrons. The molecule has 19 heavy (non-hydrogen) atoms. The third kappa shape index (κ3) is 3.35. The van der Waals surface area contributed by atoms with Crippen LogP contribution in [-0.4, -0.2) is 25.2 Å². The molecule has 2 rings (SSSR count). The molecule has 1 amide bonds. The highest BCUT2D eigenvalue weighted by molar-refractivity contribution is 5.76. The van der Waals surface area contributed by atoms with Crippen molar-refractivity contribution < 1.29 is 9.53 Å². The lowest BCUT2D eigenvalue weighted by atomic mass is 9.99. The third-order valence-corrected chi connectivity index (χ3v) is 3.78. The monoisotopic (exact) mass is 261 g/mol. The minimum atomic E-state index is -0.268. The van der Waals surface area contributed by atoms with Gasteiger partial charge in [-0.2, -0.15) is 0 Å². The molecular formula is C16H23NO2. The van der Waals surface area contributed by atoms with E-state index in [9.17, 15) is 4.79 Å². The highest BCUT2D eigenvalue weighted by Crippen LogP contribution is 2.32. The van der Waals surface area contributed by atoms with E-state index in [0.29, 0.717) is 18.9 Å². The van der Waals surface area contributed by atoms with Crippen LogP contribution in [0.25, 0.3) is 0 Å². The maximum atomic E-state index is 11.8. The van der Waals surface area contributed by atoms with Crippen molar-refractivity contribution in [3.8, 4) is 0 Å². The SMILES string of the molecule is COC1(CNC(=O)CC(C)C)Cc2ccccc2C1. The van der Waals surface area contributed by atoms with Gasteiger partial charge in [0.25, 0.3) is 0 Å². The van der Waals surface area contributed by atoms with E-state index < -0.39 is 0 Å². The first-order valence-corrected chi connectivity index (χ1v) is 6.93. The molecule has 0 bridgehead atoms. The first-order valence-electron chi connectivity index (χ1n) is 6.93. The zero-order valence-electron chi connectivity index (χ0n) is 12.0. The average molecular weight is 261 g/mol. The molecule has 0 saturated carbocycles. The first kappa shape index (κ1) is 14.1. The Morgan fingerprint density at radius 1 is 1.32 bits per heavy atom. The average Bonchev–Trinajstić information content (AvgIpc) is 2.75. The van der Waals surface area contributed by atoms with Crippen molar-refractivity contribution >= 4 is 5.91 Å². The van der Waals surface area contributed by atoms with Crippen molar-refractivity contribution in [2.45, 2.75) is 38.7 Å². The first-order chi connectivity index (χ1) is 9.04. The van der Waals surface area contributed by atoms with Gasteiger partial charge in [-0.25, -0.2) is 0 Å². The van der Waals surface area contributed by atoms with Crippen LogP contribution in [0.1, 0.15) is 31.4 Å². The molecule has 1 aliphatic carbocycles. The van der Waals surface area contributed by atoms with E-state index in [1.165, 1.54) is 11.1 Å². The Hall–Kier alpha value is -1.35. The van der Waals surface area contributed by atoms with Crippen LogP contribution in [0.3, 0.4) is 0 Å². The zero-order valence-corrected chi connectivity index (χ0v) is 12.0. The molecular weight excluding hydrogens is 238 g/mol. The van der Waals surface area contributed by atoms with Gasteiger partial charge in [-0.15, -0.1) is 0 Å². The van der Waals surface area contributed by atoms with Crippen LogP contribution < -0.4 is 5.32 Å². The molecule has 1 aromatic rings. The van der Waals surface area contributed by atoms with E-state index in [0.717, 1.165) is 12.8 Å². The Morgan fingerprint density at radius 3 is 2.37 bits per heavy atom. The second-order valence-corrected chi connectivity index (χ2v) is 5.88. The number of benzene rings is 1. The predicted molar refractivity (Wildman–Crippen MR) is 76.1 cm³/mol. The standard InChI is InChI=1S/C16H23NO2/c1-12(2)8-15(18)17-11-16(19-3)9-13-6-4-5-7-14(13)10-16/h4-7,12H,8-11H2,1-3H3,(H,17,18). The van der Waals surface area contributed by atoms with Gasteiger partial charge in [0, 0.05) is 32.9 Å². The third-order valence-electron chi connectivity index (χ3n) is 3.78. The molecule has 0 atom stereocenters. The van der Waals surface area contributed by atoms with Crippen LogP contribution in [0.15, 0.2) is 24.3 Å². The number of nitrogens with one attached hydrogen (secondary N) is 1. The number of rotatable bonds is 5. The number of methoxy groups -OCH3 is 1. The van der Waals surface area contributed by atoms with Gasteiger partial charge >= 0.3 is 0 Å². The van der Waals surface area contributed by atoms with Crippen LogP contribution in [0, 0.1) is 5.92 Å². The number of ether oxygens (including phenoxy) is 1. The van der Waals surface area contributed by atoms with Crippen LogP contribution in [0.5, 0.6) is 0 Å². The van der Waals surface area contributed by atoms with Crippen LogP contribution in [0.4, 0.5) is 0 Å². The molecule has 0 aromatic heterocycles. The van der Waals surface area contributed by atoms with Crippen molar-refractivity contribution in [1.29, 1.82) is 0 Å². The molecule has 0 unspecified atom stereocenters. The second kappa shape index (κ2) is 5.74. The van der Waals surface area contributed by atoms with Crippen molar-refractivity contribution in [1.82, 2.24) is 5.32 Å². The molecule has 3 heteroatoms. The molecule has 1 N–H and O–H groups in total. The lowest BCUT2D eigenvalue weighted by Crippen LogP contribution is -2.45. The van der Waals surface area contributed by atoms with Crippen LogP contribution >= 0.6 is 0 Å². The Kier molecular flexibility index (Phi) is 4.25. The Bertz CT molecular complexity index is 429. The van der Waals surface area contributed by atoms with Gasteiger partial charge in [0.05, 0.1) is 5.60 Å². The summed E-state index contributed by atoms with van der Waals surface area (Å²) in [6.07, 6.45) is 2.33. The maximum absolute atomic E-state index is 11.8. The molecule has 0 aliphatic heterocycles. The van der Waals surface area contributed by atoms with E-state index in [4.69, 9.17) is 4.74 Å². The molecule has 0 fully saturated rings. The summed E-state index contributed by atoms with van der Waals surface area (Å²) in [5, 5.41) is 3.02. The minimum absolute atomic E-state index is 0.113. The molecule has 1 aromatic carbocycles. The fourth-order valence-electron chi connectivity index (χ4n) is 2.70. The van der Waals surface area contributed by atoms with E-state index >= 15 is 0 Å². The van der Waals surface area contributed by atoms with Crippen molar-refractivity contribution in [3.63, 3.8) is 0 Å². The Balaban J connectivity index is 1.97. The van der Waals surface area contributed by atoms with E-state index in [1.807, 2.05) is 0 Å². The summed E-state index contributed by atoms with van der Waals surface area (Å²) >= 11 is 0. The lowest BCUT2D eigenvalue weighted by Gasteiger charge is -2.28. The maximum Gasteiger partial charge on any atom is 0.220 e. The number of fused-ring (bicyclic) bond motifs is 1. The summed E-state index contributed by atoms with van der Waals surface area (Å²) in [6, 6.07) is 8.40. The summed E-state index contributed by atoms with van der Waals surface area (Å²) in [7, 11) is 1.74. The quantitative estimate of drug-likeness (QED) is 0.883. The molecule has 104 valence electrons. The number of carbonyl (C=O) groups is 1. The normalized spacial score (nSPS) is 16.4. The van der Waals surface area contributed by atoms with Gasteiger partial charge in [0.15, 0.2) is 0 Å². The lowest BCUT2D eigenvalue weighted by molar-refractivity contribution is -0.123. The van der Waals surface area contributed by atoms with Crippen molar-refractivity contribution in [3.05, 3.63) is 35.4 Å². The molecule has 0 heterocycles. The smallest absolute Gasteiger partial charge is 0.220 e. The summed E-state index contributed by atoms with van der Waals surface area (Å²) in [6.45, 7) is 4.69. The summed E-state index contributed by atoms with van der Waals surface area (Å²) in [4.78, 5) is 11.8. The topological polar surface area (TPSA) is 38.3 Å². The summed E-state index contributed by atoms with van der Waals surface area (Å²) < 4.78 is 5.72.